The molecular weight excluding hydrogens is 939 g/mol. The van der Waals surface area contributed by atoms with Crippen LogP contribution < -0.4 is 16.0 Å². The Labute approximate surface area is 432 Å². The van der Waals surface area contributed by atoms with E-state index in [4.69, 9.17) is 0 Å². The number of anilines is 3. The van der Waals surface area contributed by atoms with Crippen molar-refractivity contribution < 1.29 is 29.7 Å². The number of aryl methyl sites for hydroxylation is 3. The zero-order valence-electron chi connectivity index (χ0n) is 44.3. The van der Waals surface area contributed by atoms with Crippen LogP contribution >= 0.6 is 0 Å². The molecule has 10 rings (SSSR count). The summed E-state index contributed by atoms with van der Waals surface area (Å²) >= 11 is 0. The number of hydrogen-bond acceptors (Lipinski definition) is 13. The van der Waals surface area contributed by atoms with E-state index in [-0.39, 0.29) is 30.6 Å². The Kier molecular flexibility index (Phi) is 15.9. The van der Waals surface area contributed by atoms with Gasteiger partial charge in [0.15, 0.2) is 16.9 Å². The van der Waals surface area contributed by atoms with E-state index in [1.54, 1.807) is 52.1 Å². The lowest BCUT2D eigenvalue weighted by molar-refractivity contribution is -0.129. The molecule has 0 aromatic carbocycles. The van der Waals surface area contributed by atoms with E-state index in [9.17, 15) is 29.7 Å². The molecule has 7 aromatic heterocycles. The molecule has 0 aliphatic heterocycles. The number of pyridine rings is 4. The minimum atomic E-state index is -1.35. The monoisotopic (exact) mass is 1010 g/mol. The van der Waals surface area contributed by atoms with Crippen LogP contribution in [0.4, 0.5) is 17.8 Å². The maximum atomic E-state index is 12.8. The Balaban J connectivity index is 0.000000149. The van der Waals surface area contributed by atoms with Gasteiger partial charge in [-0.1, -0.05) is 26.8 Å². The first-order valence-electron chi connectivity index (χ1n) is 26.2. The molecule has 19 nitrogen and oxygen atoms in total. The highest BCUT2D eigenvalue weighted by Crippen LogP contribution is 2.40. The van der Waals surface area contributed by atoms with Gasteiger partial charge < -0.3 is 15.3 Å². The van der Waals surface area contributed by atoms with Gasteiger partial charge in [0.1, 0.15) is 22.2 Å². The van der Waals surface area contributed by atoms with Crippen LogP contribution in [0.15, 0.2) is 60.8 Å². The van der Waals surface area contributed by atoms with Gasteiger partial charge in [0.05, 0.1) is 35.7 Å². The van der Waals surface area contributed by atoms with Gasteiger partial charge in [-0.05, 0) is 161 Å². The fourth-order valence-electron chi connectivity index (χ4n) is 9.58. The van der Waals surface area contributed by atoms with E-state index in [1.165, 1.54) is 12.8 Å². The molecule has 0 spiro atoms. The number of aromatic nitrogens is 10. The van der Waals surface area contributed by atoms with E-state index in [2.05, 4.69) is 55.4 Å². The SMILES string of the molecule is CCC(O)(CC)[C@H](C)C(=O)Nc1nc2ccc(C)nc2n1C1CCC1.Cc1ccc2nc(NC(=O)CC(C)(C)O)n(C3CCC3)c2n1.Cc1ccc2nc(NC(=O)C[C@@](C)(O)c3ccccn3)n(C3CCC3)c2n1. The van der Waals surface area contributed by atoms with Crippen LogP contribution in [0.5, 0.6) is 0 Å². The molecule has 0 radical (unpaired) electrons. The molecule has 2 atom stereocenters. The molecule has 19 heteroatoms. The van der Waals surface area contributed by atoms with Crippen LogP contribution in [0.25, 0.3) is 33.5 Å². The largest absolute Gasteiger partial charge is 0.390 e. The smallest absolute Gasteiger partial charge is 0.232 e. The summed E-state index contributed by atoms with van der Waals surface area (Å²) in [5, 5.41) is 39.8. The third-order valence-corrected chi connectivity index (χ3v) is 14.8. The second-order valence-corrected chi connectivity index (χ2v) is 21.3. The predicted octanol–water partition coefficient (Wildman–Crippen LogP) is 9.25. The van der Waals surface area contributed by atoms with Crippen molar-refractivity contribution in [2.75, 3.05) is 16.0 Å². The molecule has 0 bridgehead atoms. The van der Waals surface area contributed by atoms with Crippen LogP contribution in [0.2, 0.25) is 0 Å². The van der Waals surface area contributed by atoms with E-state index in [0.717, 1.165) is 95.5 Å². The summed E-state index contributed by atoms with van der Waals surface area (Å²) < 4.78 is 6.13. The number of carbonyl (C=O) groups excluding carboxylic acids is 3. The van der Waals surface area contributed by atoms with Crippen molar-refractivity contribution in [1.82, 2.24) is 48.6 Å². The number of aliphatic hydroxyl groups is 3. The van der Waals surface area contributed by atoms with Gasteiger partial charge in [-0.3, -0.25) is 49.0 Å². The lowest BCUT2D eigenvalue weighted by Crippen LogP contribution is -2.42. The maximum absolute atomic E-state index is 12.8. The van der Waals surface area contributed by atoms with Crippen LogP contribution in [0.3, 0.4) is 0 Å². The first-order chi connectivity index (χ1) is 35.2. The Morgan fingerprint density at radius 1 is 0.581 bits per heavy atom. The van der Waals surface area contributed by atoms with Crippen LogP contribution in [0.1, 0.15) is 166 Å². The molecule has 7 heterocycles. The number of rotatable bonds is 15. The van der Waals surface area contributed by atoms with Gasteiger partial charge in [-0.15, -0.1) is 0 Å². The van der Waals surface area contributed by atoms with Gasteiger partial charge >= 0.3 is 0 Å². The van der Waals surface area contributed by atoms with Gasteiger partial charge in [-0.25, -0.2) is 29.9 Å². The van der Waals surface area contributed by atoms with Crippen molar-refractivity contribution >= 4 is 69.1 Å². The zero-order valence-corrected chi connectivity index (χ0v) is 44.3. The number of fused-ring (bicyclic) bond motifs is 3. The quantitative estimate of drug-likeness (QED) is 0.0561. The molecule has 3 fully saturated rings. The minimum absolute atomic E-state index is 0.0350. The van der Waals surface area contributed by atoms with E-state index in [1.807, 2.05) is 80.2 Å². The summed E-state index contributed by atoms with van der Waals surface area (Å²) in [6.45, 7) is 16.3. The van der Waals surface area contributed by atoms with E-state index >= 15 is 0 Å². The molecule has 3 saturated carbocycles. The second kappa shape index (κ2) is 22.0. The Bertz CT molecular complexity index is 3120. The Morgan fingerprint density at radius 2 is 0.973 bits per heavy atom. The molecule has 7 aromatic rings. The van der Waals surface area contributed by atoms with Gasteiger partial charge in [0.2, 0.25) is 35.6 Å². The van der Waals surface area contributed by atoms with Crippen LogP contribution in [-0.2, 0) is 20.0 Å². The number of hydrogen-bond donors (Lipinski definition) is 6. The average molecular weight is 1010 g/mol. The highest BCUT2D eigenvalue weighted by Gasteiger charge is 2.37. The zero-order chi connectivity index (χ0) is 53.1. The van der Waals surface area contributed by atoms with Crippen molar-refractivity contribution in [2.24, 2.45) is 5.92 Å². The van der Waals surface area contributed by atoms with E-state index < -0.39 is 22.7 Å². The molecule has 0 unspecified atom stereocenters. The number of imidazole rings is 3. The first kappa shape index (κ1) is 53.6. The molecule has 394 valence electrons. The summed E-state index contributed by atoms with van der Waals surface area (Å²) in [5.41, 5.74) is 4.66. The van der Waals surface area contributed by atoms with E-state index in [0.29, 0.717) is 54.5 Å². The number of amides is 3. The van der Waals surface area contributed by atoms with Crippen molar-refractivity contribution in [3.8, 4) is 0 Å². The average Bonchev–Trinajstić information content (AvgIpc) is 3.93. The normalized spacial score (nSPS) is 16.4. The summed E-state index contributed by atoms with van der Waals surface area (Å²) in [6, 6.07) is 17.8. The lowest BCUT2D eigenvalue weighted by Gasteiger charge is -2.32. The lowest BCUT2D eigenvalue weighted by atomic mass is 9.83. The standard InChI is InChI=1S/C20H23N5O2.C19H28N4O2.C16H22N4O2/c1-13-9-10-15-18(22-13)25(14-6-5-7-14)19(23-15)24-17(26)12-20(2,27)16-8-3-4-11-21-16;1-5-19(25,6-2)13(4)17(24)22-18-21-15-11-10-12(3)20-16(15)23(18)14-8-7-9-14;1-10-7-8-12-14(17-10)20(11-5-4-6-11)15(18-12)19-13(21)9-16(2,3)22/h3-4,8-11,14,27H,5-7,12H2,1-2H3,(H,23,24,26);10-11,13-14,25H,5-9H2,1-4H3,(H,21,22,24);7-8,11,22H,4-6,9H2,1-3H3,(H,18,19,21)/t20-;13-;/m11./s1. The molecule has 0 saturated heterocycles. The highest BCUT2D eigenvalue weighted by atomic mass is 16.3. The first-order valence-corrected chi connectivity index (χ1v) is 26.2. The third-order valence-electron chi connectivity index (χ3n) is 14.8. The summed E-state index contributed by atoms with van der Waals surface area (Å²) in [4.78, 5) is 69.2. The third kappa shape index (κ3) is 12.0. The molecule has 3 aliphatic rings. The van der Waals surface area contributed by atoms with Crippen molar-refractivity contribution in [1.29, 1.82) is 0 Å². The Hall–Kier alpha value is -6.70. The number of nitrogens with zero attached hydrogens (tertiary/aromatic N) is 10. The molecule has 6 N–H and O–H groups in total. The number of nitrogens with one attached hydrogen (secondary N) is 3. The van der Waals surface area contributed by atoms with Crippen LogP contribution in [-0.4, -0.2) is 92.8 Å². The maximum Gasteiger partial charge on any atom is 0.232 e. The van der Waals surface area contributed by atoms with Crippen molar-refractivity contribution in [3.05, 3.63) is 83.6 Å². The second-order valence-electron chi connectivity index (χ2n) is 21.3. The molecule has 3 amide bonds. The van der Waals surface area contributed by atoms with Gasteiger partial charge in [-0.2, -0.15) is 0 Å². The Morgan fingerprint density at radius 3 is 1.31 bits per heavy atom. The topological polar surface area (TPSA) is 253 Å². The van der Waals surface area contributed by atoms with Gasteiger partial charge in [0, 0.05) is 41.4 Å². The van der Waals surface area contributed by atoms with Crippen molar-refractivity contribution in [3.63, 3.8) is 0 Å². The summed E-state index contributed by atoms with van der Waals surface area (Å²) in [5.74, 6) is 0.329. The predicted molar refractivity (Wildman–Crippen MR) is 285 cm³/mol. The fraction of sp³-hybridized carbons (Fsp3) is 0.527. The van der Waals surface area contributed by atoms with Gasteiger partial charge in [0.25, 0.3) is 0 Å². The molecule has 74 heavy (non-hydrogen) atoms. The molecule has 3 aliphatic carbocycles. The highest BCUT2D eigenvalue weighted by molar-refractivity contribution is 5.94. The summed E-state index contributed by atoms with van der Waals surface area (Å²) in [7, 11) is 0. The van der Waals surface area contributed by atoms with Crippen molar-refractivity contribution in [2.45, 2.75) is 181 Å². The minimum Gasteiger partial charge on any atom is -0.390 e. The number of carbonyl (C=O) groups is 3. The fourth-order valence-corrected chi connectivity index (χ4v) is 9.58. The molecular formula is C55H73N13O6. The van der Waals surface area contributed by atoms with Crippen LogP contribution in [0, 0.1) is 26.7 Å². The summed E-state index contributed by atoms with van der Waals surface area (Å²) in [6.07, 6.45) is 12.6.